The Hall–Kier alpha value is -0.240. The van der Waals surface area contributed by atoms with Gasteiger partial charge in [0.25, 0.3) is 0 Å². The normalized spacial score (nSPS) is 17.8. The predicted octanol–water partition coefficient (Wildman–Crippen LogP) is 4.27. The van der Waals surface area contributed by atoms with Crippen molar-refractivity contribution in [3.8, 4) is 0 Å². The fraction of sp³-hybridized carbons (Fsp3) is 1.00. The Labute approximate surface area is 193 Å². The molecule has 0 aliphatic heterocycles. The second-order valence-corrected chi connectivity index (χ2v) is 9.81. The summed E-state index contributed by atoms with van der Waals surface area (Å²) < 4.78 is 29.0. The van der Waals surface area contributed by atoms with Crippen LogP contribution < -0.4 is 5.32 Å². The zero-order valence-corrected chi connectivity index (χ0v) is 21.8. The largest absolute Gasteiger partial charge is 0.381 e. The average molecular weight is 448 g/mol. The van der Waals surface area contributed by atoms with Gasteiger partial charge in [0.2, 0.25) is 0 Å². The highest BCUT2D eigenvalue weighted by molar-refractivity contribution is 4.58. The lowest BCUT2D eigenvalue weighted by molar-refractivity contribution is -0.00857. The van der Waals surface area contributed by atoms with Crippen molar-refractivity contribution in [2.45, 2.75) is 60.9 Å². The molecule has 31 heavy (non-hydrogen) atoms. The standard InChI is InChI=1S/C25H53NO5/c1-9-20(2)10-27-11-21(3)12-28-13-22(4)14-29-15-23(5)16-30-17-24(6)18-31-19-25(7)26-8/h20-26H,9-19H2,1-8H3. The first-order chi connectivity index (χ1) is 14.8. The number of nitrogens with one attached hydrogen (secondary N) is 1. The third-order valence-corrected chi connectivity index (χ3v) is 5.18. The molecule has 0 aromatic rings. The van der Waals surface area contributed by atoms with Crippen LogP contribution in [0.3, 0.4) is 0 Å². The molecule has 0 aromatic heterocycles. The summed E-state index contributed by atoms with van der Waals surface area (Å²) in [6, 6.07) is 0.384. The van der Waals surface area contributed by atoms with Crippen LogP contribution in [0.5, 0.6) is 0 Å². The molecule has 0 spiro atoms. The zero-order chi connectivity index (χ0) is 23.5. The van der Waals surface area contributed by atoms with Gasteiger partial charge >= 0.3 is 0 Å². The summed E-state index contributed by atoms with van der Waals surface area (Å²) in [6.07, 6.45) is 1.16. The van der Waals surface area contributed by atoms with Crippen molar-refractivity contribution in [3.63, 3.8) is 0 Å². The van der Waals surface area contributed by atoms with Crippen LogP contribution >= 0.6 is 0 Å². The summed E-state index contributed by atoms with van der Waals surface area (Å²) in [5.41, 5.74) is 0. The summed E-state index contributed by atoms with van der Waals surface area (Å²) in [7, 11) is 1.95. The quantitative estimate of drug-likeness (QED) is 0.267. The molecule has 0 aliphatic carbocycles. The highest BCUT2D eigenvalue weighted by Gasteiger charge is 2.10. The van der Waals surface area contributed by atoms with E-state index in [4.69, 9.17) is 23.7 Å². The molecule has 0 aromatic carbocycles. The van der Waals surface area contributed by atoms with Crippen LogP contribution in [0.25, 0.3) is 0 Å². The lowest BCUT2D eigenvalue weighted by Crippen LogP contribution is -2.28. The summed E-state index contributed by atoms with van der Waals surface area (Å²) in [4.78, 5) is 0. The number of rotatable bonds is 22. The highest BCUT2D eigenvalue weighted by atomic mass is 16.5. The first-order valence-corrected chi connectivity index (χ1v) is 12.3. The Balaban J connectivity index is 3.60. The van der Waals surface area contributed by atoms with E-state index in [1.165, 1.54) is 0 Å². The van der Waals surface area contributed by atoms with Gasteiger partial charge in [-0.05, 0) is 19.9 Å². The average Bonchev–Trinajstić information content (AvgIpc) is 2.73. The molecule has 0 bridgehead atoms. The lowest BCUT2D eigenvalue weighted by Gasteiger charge is -2.19. The van der Waals surface area contributed by atoms with Crippen molar-refractivity contribution in [1.82, 2.24) is 5.32 Å². The van der Waals surface area contributed by atoms with Crippen molar-refractivity contribution in [2.75, 3.05) is 73.1 Å². The van der Waals surface area contributed by atoms with Crippen LogP contribution in [0.4, 0.5) is 0 Å². The van der Waals surface area contributed by atoms with Gasteiger partial charge < -0.3 is 29.0 Å². The van der Waals surface area contributed by atoms with Crippen LogP contribution in [-0.2, 0) is 23.7 Å². The van der Waals surface area contributed by atoms with Gasteiger partial charge in [0.15, 0.2) is 0 Å². The van der Waals surface area contributed by atoms with Gasteiger partial charge in [-0.2, -0.15) is 0 Å². The molecule has 0 fully saturated rings. The van der Waals surface area contributed by atoms with E-state index in [0.717, 1.165) is 72.5 Å². The fourth-order valence-electron chi connectivity index (χ4n) is 2.72. The number of hydrogen-bond donors (Lipinski definition) is 1. The second kappa shape index (κ2) is 20.4. The smallest absolute Gasteiger partial charge is 0.0616 e. The molecule has 188 valence electrons. The summed E-state index contributed by atoms with van der Waals surface area (Å²) >= 11 is 0. The van der Waals surface area contributed by atoms with E-state index < -0.39 is 0 Å². The predicted molar refractivity (Wildman–Crippen MR) is 129 cm³/mol. The molecule has 1 N–H and O–H groups in total. The van der Waals surface area contributed by atoms with E-state index >= 15 is 0 Å². The Morgan fingerprint density at radius 2 is 0.710 bits per heavy atom. The van der Waals surface area contributed by atoms with Gasteiger partial charge in [-0.25, -0.2) is 0 Å². The molecular weight excluding hydrogens is 394 g/mol. The fourth-order valence-corrected chi connectivity index (χ4v) is 2.72. The van der Waals surface area contributed by atoms with E-state index in [0.29, 0.717) is 35.6 Å². The summed E-state index contributed by atoms with van der Waals surface area (Å²) in [5.74, 6) is 2.23. The van der Waals surface area contributed by atoms with E-state index in [1.54, 1.807) is 0 Å². The zero-order valence-electron chi connectivity index (χ0n) is 21.8. The number of hydrogen-bond acceptors (Lipinski definition) is 6. The van der Waals surface area contributed by atoms with Crippen molar-refractivity contribution < 1.29 is 23.7 Å². The Kier molecular flexibility index (Phi) is 20.2. The second-order valence-electron chi connectivity index (χ2n) is 9.81. The van der Waals surface area contributed by atoms with Gasteiger partial charge in [-0.3, -0.25) is 0 Å². The highest BCUT2D eigenvalue weighted by Crippen LogP contribution is 2.07. The Morgan fingerprint density at radius 1 is 0.452 bits per heavy atom. The minimum Gasteiger partial charge on any atom is -0.381 e. The number of likely N-dealkylation sites (N-methyl/N-ethyl adjacent to an activating group) is 1. The molecule has 0 heterocycles. The molecule has 0 saturated carbocycles. The van der Waals surface area contributed by atoms with Crippen molar-refractivity contribution in [1.29, 1.82) is 0 Å². The first-order valence-electron chi connectivity index (χ1n) is 12.3. The topological polar surface area (TPSA) is 58.2 Å². The minimum atomic E-state index is 0.383. The molecule has 0 saturated heterocycles. The van der Waals surface area contributed by atoms with Crippen LogP contribution in [0.2, 0.25) is 0 Å². The van der Waals surface area contributed by atoms with Crippen LogP contribution in [0.1, 0.15) is 54.9 Å². The van der Waals surface area contributed by atoms with Gasteiger partial charge in [0.1, 0.15) is 0 Å². The maximum atomic E-state index is 5.86. The third kappa shape index (κ3) is 20.1. The molecular formula is C25H53NO5. The lowest BCUT2D eigenvalue weighted by atomic mass is 10.1. The van der Waals surface area contributed by atoms with Gasteiger partial charge in [-0.1, -0.05) is 48.0 Å². The van der Waals surface area contributed by atoms with Crippen LogP contribution in [-0.4, -0.2) is 79.2 Å². The SMILES string of the molecule is CCC(C)COCC(C)COCC(C)COCC(C)COCC(C)COCC(C)NC. The molecule has 6 atom stereocenters. The number of ether oxygens (including phenoxy) is 5. The summed E-state index contributed by atoms with van der Waals surface area (Å²) in [5, 5.41) is 3.17. The van der Waals surface area contributed by atoms with E-state index in [1.807, 2.05) is 7.05 Å². The summed E-state index contributed by atoms with van der Waals surface area (Å²) in [6.45, 7) is 22.6. The van der Waals surface area contributed by atoms with E-state index in [2.05, 4.69) is 53.8 Å². The van der Waals surface area contributed by atoms with Crippen LogP contribution in [0, 0.1) is 29.6 Å². The molecule has 0 amide bonds. The van der Waals surface area contributed by atoms with E-state index in [9.17, 15) is 0 Å². The minimum absolute atomic E-state index is 0.383. The molecule has 0 rings (SSSR count). The van der Waals surface area contributed by atoms with Crippen molar-refractivity contribution >= 4 is 0 Å². The molecule has 6 heteroatoms. The molecule has 0 radical (unpaired) electrons. The van der Waals surface area contributed by atoms with Gasteiger partial charge in [0.05, 0.1) is 59.5 Å². The maximum Gasteiger partial charge on any atom is 0.0616 e. The van der Waals surface area contributed by atoms with Gasteiger partial charge in [0, 0.05) is 36.3 Å². The van der Waals surface area contributed by atoms with E-state index in [-0.39, 0.29) is 0 Å². The van der Waals surface area contributed by atoms with Crippen molar-refractivity contribution in [2.24, 2.45) is 29.6 Å². The Morgan fingerprint density at radius 3 is 0.968 bits per heavy atom. The first kappa shape index (κ1) is 30.8. The van der Waals surface area contributed by atoms with Crippen LogP contribution in [0.15, 0.2) is 0 Å². The maximum absolute atomic E-state index is 5.86. The van der Waals surface area contributed by atoms with Gasteiger partial charge in [-0.15, -0.1) is 0 Å². The Bertz CT molecular complexity index is 351. The monoisotopic (exact) mass is 447 g/mol. The molecule has 6 unspecified atom stereocenters. The third-order valence-electron chi connectivity index (χ3n) is 5.18. The molecule has 0 aliphatic rings. The molecule has 6 nitrogen and oxygen atoms in total. The van der Waals surface area contributed by atoms with Crippen molar-refractivity contribution in [3.05, 3.63) is 0 Å².